The molecule has 0 bridgehead atoms. The predicted molar refractivity (Wildman–Crippen MR) is 66.5 cm³/mol. The molecule has 2 fully saturated rings. The van der Waals surface area contributed by atoms with Crippen molar-refractivity contribution in [3.8, 4) is 0 Å². The SMILES string of the molecule is O=C(NC1CCC1)c1coc(C2CCNCC2)n1. The summed E-state index contributed by atoms with van der Waals surface area (Å²) in [4.78, 5) is 16.2. The third kappa shape index (κ3) is 2.41. The first-order valence-corrected chi connectivity index (χ1v) is 6.80. The van der Waals surface area contributed by atoms with E-state index in [1.165, 1.54) is 12.7 Å². The van der Waals surface area contributed by atoms with Crippen LogP contribution in [0.3, 0.4) is 0 Å². The summed E-state index contributed by atoms with van der Waals surface area (Å²) in [6.45, 7) is 1.99. The van der Waals surface area contributed by atoms with Crippen LogP contribution < -0.4 is 10.6 Å². The third-order valence-electron chi connectivity index (χ3n) is 3.88. The van der Waals surface area contributed by atoms with E-state index < -0.39 is 0 Å². The van der Waals surface area contributed by atoms with E-state index in [9.17, 15) is 4.79 Å². The molecule has 98 valence electrons. The van der Waals surface area contributed by atoms with Gasteiger partial charge in [-0.3, -0.25) is 4.79 Å². The van der Waals surface area contributed by atoms with Crippen molar-refractivity contribution in [2.45, 2.75) is 44.1 Å². The van der Waals surface area contributed by atoms with Crippen molar-refractivity contribution in [1.29, 1.82) is 0 Å². The smallest absolute Gasteiger partial charge is 0.273 e. The molecule has 2 aliphatic rings. The van der Waals surface area contributed by atoms with Gasteiger partial charge in [-0.05, 0) is 45.2 Å². The molecule has 1 saturated heterocycles. The van der Waals surface area contributed by atoms with E-state index in [0.717, 1.165) is 44.7 Å². The number of nitrogens with one attached hydrogen (secondary N) is 2. The second-order valence-electron chi connectivity index (χ2n) is 5.20. The van der Waals surface area contributed by atoms with E-state index in [-0.39, 0.29) is 5.91 Å². The molecule has 2 N–H and O–H groups in total. The first-order chi connectivity index (χ1) is 8.83. The van der Waals surface area contributed by atoms with Crippen LogP contribution in [-0.2, 0) is 0 Å². The highest BCUT2D eigenvalue weighted by atomic mass is 16.3. The Kier molecular flexibility index (Phi) is 3.32. The number of aromatic nitrogens is 1. The zero-order valence-corrected chi connectivity index (χ0v) is 10.4. The average molecular weight is 249 g/mol. The molecule has 18 heavy (non-hydrogen) atoms. The summed E-state index contributed by atoms with van der Waals surface area (Å²) in [5.74, 6) is 0.982. The molecular weight excluding hydrogens is 230 g/mol. The Labute approximate surface area is 106 Å². The molecule has 5 nitrogen and oxygen atoms in total. The van der Waals surface area contributed by atoms with Crippen molar-refractivity contribution in [1.82, 2.24) is 15.6 Å². The maximum Gasteiger partial charge on any atom is 0.273 e. The summed E-state index contributed by atoms with van der Waals surface area (Å²) in [6.07, 6.45) is 6.94. The minimum atomic E-state index is -0.0939. The van der Waals surface area contributed by atoms with Gasteiger partial charge in [0.15, 0.2) is 11.6 Å². The Bertz CT molecular complexity index is 420. The van der Waals surface area contributed by atoms with Crippen LogP contribution in [0.25, 0.3) is 0 Å². The van der Waals surface area contributed by atoms with Gasteiger partial charge in [-0.15, -0.1) is 0 Å². The van der Waals surface area contributed by atoms with Gasteiger partial charge in [-0.2, -0.15) is 0 Å². The summed E-state index contributed by atoms with van der Waals surface area (Å²) >= 11 is 0. The zero-order valence-electron chi connectivity index (χ0n) is 10.4. The number of carbonyl (C=O) groups is 1. The number of amides is 1. The average Bonchev–Trinajstić information content (AvgIpc) is 2.84. The summed E-state index contributed by atoms with van der Waals surface area (Å²) in [5, 5.41) is 6.28. The largest absolute Gasteiger partial charge is 0.448 e. The minimum absolute atomic E-state index is 0.0939. The van der Waals surface area contributed by atoms with Gasteiger partial charge in [-0.1, -0.05) is 0 Å². The van der Waals surface area contributed by atoms with Gasteiger partial charge in [0.25, 0.3) is 5.91 Å². The molecule has 1 aliphatic heterocycles. The molecule has 0 aromatic carbocycles. The molecule has 1 saturated carbocycles. The van der Waals surface area contributed by atoms with Crippen molar-refractivity contribution >= 4 is 5.91 Å². The van der Waals surface area contributed by atoms with Crippen molar-refractivity contribution in [2.24, 2.45) is 0 Å². The van der Waals surface area contributed by atoms with E-state index >= 15 is 0 Å². The van der Waals surface area contributed by atoms with E-state index in [1.807, 2.05) is 0 Å². The van der Waals surface area contributed by atoms with Crippen molar-refractivity contribution in [3.05, 3.63) is 17.8 Å². The monoisotopic (exact) mass is 249 g/mol. The molecular formula is C13H19N3O2. The highest BCUT2D eigenvalue weighted by Crippen LogP contribution is 2.24. The number of piperidine rings is 1. The topological polar surface area (TPSA) is 67.2 Å². The lowest BCUT2D eigenvalue weighted by Gasteiger charge is -2.25. The highest BCUT2D eigenvalue weighted by Gasteiger charge is 2.24. The summed E-state index contributed by atoms with van der Waals surface area (Å²) in [7, 11) is 0. The van der Waals surface area contributed by atoms with E-state index in [4.69, 9.17) is 4.42 Å². The number of oxazole rings is 1. The predicted octanol–water partition coefficient (Wildman–Crippen LogP) is 1.42. The molecule has 2 heterocycles. The molecule has 0 radical (unpaired) electrons. The van der Waals surface area contributed by atoms with Crippen LogP contribution in [-0.4, -0.2) is 30.0 Å². The molecule has 5 heteroatoms. The summed E-state index contributed by atoms with van der Waals surface area (Å²) < 4.78 is 5.46. The first-order valence-electron chi connectivity index (χ1n) is 6.80. The number of rotatable bonds is 3. The van der Waals surface area contributed by atoms with Crippen LogP contribution in [0.1, 0.15) is 54.4 Å². The molecule has 1 amide bonds. The fourth-order valence-electron chi connectivity index (χ4n) is 2.46. The normalized spacial score (nSPS) is 21.6. The van der Waals surface area contributed by atoms with Crippen molar-refractivity contribution in [3.63, 3.8) is 0 Å². The summed E-state index contributed by atoms with van der Waals surface area (Å²) in [6, 6.07) is 0.344. The Balaban J connectivity index is 1.62. The van der Waals surface area contributed by atoms with Crippen LogP contribution in [0.15, 0.2) is 10.7 Å². The quantitative estimate of drug-likeness (QED) is 0.850. The lowest BCUT2D eigenvalue weighted by Crippen LogP contribution is -2.39. The highest BCUT2D eigenvalue weighted by molar-refractivity contribution is 5.92. The molecule has 0 unspecified atom stereocenters. The first kappa shape index (κ1) is 11.7. The number of hydrogen-bond acceptors (Lipinski definition) is 4. The molecule has 0 atom stereocenters. The van der Waals surface area contributed by atoms with Crippen LogP contribution in [0.4, 0.5) is 0 Å². The van der Waals surface area contributed by atoms with E-state index in [2.05, 4.69) is 15.6 Å². The van der Waals surface area contributed by atoms with Crippen LogP contribution in [0.5, 0.6) is 0 Å². The fourth-order valence-corrected chi connectivity index (χ4v) is 2.46. The van der Waals surface area contributed by atoms with Gasteiger partial charge in [0.1, 0.15) is 6.26 Å². The molecule has 3 rings (SSSR count). The van der Waals surface area contributed by atoms with Crippen LogP contribution in [0.2, 0.25) is 0 Å². The Morgan fingerprint density at radius 2 is 2.11 bits per heavy atom. The van der Waals surface area contributed by atoms with Crippen molar-refractivity contribution in [2.75, 3.05) is 13.1 Å². The number of hydrogen-bond donors (Lipinski definition) is 2. The maximum absolute atomic E-state index is 11.9. The van der Waals surface area contributed by atoms with Crippen LogP contribution >= 0.6 is 0 Å². The Morgan fingerprint density at radius 3 is 2.78 bits per heavy atom. The van der Waals surface area contributed by atoms with Gasteiger partial charge >= 0.3 is 0 Å². The van der Waals surface area contributed by atoms with Crippen LogP contribution in [0, 0.1) is 0 Å². The second kappa shape index (κ2) is 5.10. The standard InChI is InChI=1S/C13H19N3O2/c17-12(15-10-2-1-3-10)11-8-18-13(16-11)9-4-6-14-7-5-9/h8-10,14H,1-7H2,(H,15,17). The van der Waals surface area contributed by atoms with Crippen molar-refractivity contribution < 1.29 is 9.21 Å². The zero-order chi connectivity index (χ0) is 12.4. The molecule has 0 spiro atoms. The lowest BCUT2D eigenvalue weighted by molar-refractivity contribution is 0.0912. The maximum atomic E-state index is 11.9. The minimum Gasteiger partial charge on any atom is -0.448 e. The fraction of sp³-hybridized carbons (Fsp3) is 0.692. The molecule has 1 aromatic rings. The van der Waals surface area contributed by atoms with E-state index in [1.54, 1.807) is 0 Å². The Hall–Kier alpha value is -1.36. The number of nitrogens with zero attached hydrogens (tertiary/aromatic N) is 1. The summed E-state index contributed by atoms with van der Waals surface area (Å²) in [5.41, 5.74) is 0.426. The number of carbonyl (C=O) groups excluding carboxylic acids is 1. The van der Waals surface area contributed by atoms with Gasteiger partial charge in [0, 0.05) is 12.0 Å². The molecule has 1 aromatic heterocycles. The van der Waals surface area contributed by atoms with Gasteiger partial charge < -0.3 is 15.1 Å². The Morgan fingerprint density at radius 1 is 1.33 bits per heavy atom. The third-order valence-corrected chi connectivity index (χ3v) is 3.88. The van der Waals surface area contributed by atoms with Gasteiger partial charge in [-0.25, -0.2) is 4.98 Å². The van der Waals surface area contributed by atoms with Gasteiger partial charge in [0.05, 0.1) is 0 Å². The lowest BCUT2D eigenvalue weighted by atomic mass is 9.93. The van der Waals surface area contributed by atoms with Gasteiger partial charge in [0.2, 0.25) is 0 Å². The molecule has 1 aliphatic carbocycles. The van der Waals surface area contributed by atoms with E-state index in [0.29, 0.717) is 17.7 Å². The second-order valence-corrected chi connectivity index (χ2v) is 5.20.